The van der Waals surface area contributed by atoms with E-state index in [0.29, 0.717) is 0 Å². The number of hydrogen-bond acceptors (Lipinski definition) is 8. The van der Waals surface area contributed by atoms with E-state index in [1.54, 1.807) is 0 Å². The number of aromatic nitrogens is 3. The molecule has 0 fully saturated rings. The SMILES string of the molecule is COC(=O)c1ccc([N+](=O)[O-])c(-n2ccc([N+](=O)[O-])n2)n1. The minimum atomic E-state index is -0.798. The molecule has 21 heavy (non-hydrogen) atoms. The highest BCUT2D eigenvalue weighted by Gasteiger charge is 2.24. The number of nitrogens with zero attached hydrogens (tertiary/aromatic N) is 5. The topological polar surface area (TPSA) is 143 Å². The number of methoxy groups -OCH3 is 1. The fourth-order valence-electron chi connectivity index (χ4n) is 1.50. The maximum atomic E-state index is 11.4. The summed E-state index contributed by atoms with van der Waals surface area (Å²) in [6.07, 6.45) is 1.13. The molecular formula is C10H7N5O6. The molecule has 108 valence electrons. The lowest BCUT2D eigenvalue weighted by Crippen LogP contribution is -2.10. The molecule has 0 spiro atoms. The number of ether oxygens (including phenoxy) is 1. The molecule has 2 rings (SSSR count). The van der Waals surface area contributed by atoms with Crippen molar-refractivity contribution in [2.24, 2.45) is 0 Å². The Hall–Kier alpha value is -3.37. The Balaban J connectivity index is 2.59. The second kappa shape index (κ2) is 5.32. The van der Waals surface area contributed by atoms with Crippen LogP contribution in [0.2, 0.25) is 0 Å². The molecule has 0 atom stereocenters. The van der Waals surface area contributed by atoms with Gasteiger partial charge in [-0.25, -0.2) is 9.78 Å². The largest absolute Gasteiger partial charge is 0.464 e. The Labute approximate surface area is 116 Å². The highest BCUT2D eigenvalue weighted by molar-refractivity contribution is 5.87. The first kappa shape index (κ1) is 14.0. The molecule has 0 saturated heterocycles. The summed E-state index contributed by atoms with van der Waals surface area (Å²) in [5.74, 6) is -1.63. The molecule has 0 aliphatic heterocycles. The van der Waals surface area contributed by atoms with E-state index in [2.05, 4.69) is 14.8 Å². The van der Waals surface area contributed by atoms with Gasteiger partial charge in [0.15, 0.2) is 5.69 Å². The van der Waals surface area contributed by atoms with Crippen LogP contribution in [-0.2, 0) is 4.74 Å². The quantitative estimate of drug-likeness (QED) is 0.458. The molecule has 0 aliphatic carbocycles. The number of esters is 1. The van der Waals surface area contributed by atoms with Crippen LogP contribution in [-0.4, -0.2) is 37.7 Å². The average Bonchev–Trinajstić information content (AvgIpc) is 2.95. The van der Waals surface area contributed by atoms with Crippen LogP contribution in [0, 0.1) is 20.2 Å². The van der Waals surface area contributed by atoms with Crippen molar-refractivity contribution in [3.8, 4) is 5.82 Å². The van der Waals surface area contributed by atoms with E-state index in [9.17, 15) is 25.0 Å². The van der Waals surface area contributed by atoms with E-state index >= 15 is 0 Å². The first-order valence-electron chi connectivity index (χ1n) is 5.38. The first-order valence-corrected chi connectivity index (χ1v) is 5.38. The summed E-state index contributed by atoms with van der Waals surface area (Å²) in [6.45, 7) is 0. The number of nitro groups is 2. The summed E-state index contributed by atoms with van der Waals surface area (Å²) in [4.78, 5) is 35.2. The smallest absolute Gasteiger partial charge is 0.390 e. The van der Waals surface area contributed by atoms with Gasteiger partial charge in [-0.2, -0.15) is 0 Å². The fraction of sp³-hybridized carbons (Fsp3) is 0.100. The van der Waals surface area contributed by atoms with Crippen LogP contribution in [0.3, 0.4) is 0 Å². The van der Waals surface area contributed by atoms with Crippen LogP contribution >= 0.6 is 0 Å². The van der Waals surface area contributed by atoms with Gasteiger partial charge in [-0.1, -0.05) is 0 Å². The van der Waals surface area contributed by atoms with Crippen LogP contribution < -0.4 is 0 Å². The lowest BCUT2D eigenvalue weighted by molar-refractivity contribution is -0.390. The maximum absolute atomic E-state index is 11.4. The summed E-state index contributed by atoms with van der Waals surface area (Å²) >= 11 is 0. The number of hydrogen-bond donors (Lipinski definition) is 0. The second-order valence-corrected chi connectivity index (χ2v) is 3.66. The van der Waals surface area contributed by atoms with Crippen molar-refractivity contribution in [2.75, 3.05) is 7.11 Å². The van der Waals surface area contributed by atoms with Gasteiger partial charge in [-0.15, -0.1) is 4.68 Å². The molecule has 0 bridgehead atoms. The second-order valence-electron chi connectivity index (χ2n) is 3.66. The maximum Gasteiger partial charge on any atom is 0.390 e. The van der Waals surface area contributed by atoms with Gasteiger partial charge in [-0.05, 0) is 11.0 Å². The summed E-state index contributed by atoms with van der Waals surface area (Å²) in [7, 11) is 1.13. The molecule has 2 aromatic heterocycles. The molecule has 2 heterocycles. The van der Waals surface area contributed by atoms with Crippen molar-refractivity contribution < 1.29 is 19.4 Å². The van der Waals surface area contributed by atoms with E-state index in [4.69, 9.17) is 0 Å². The predicted molar refractivity (Wildman–Crippen MR) is 66.0 cm³/mol. The number of pyridine rings is 1. The molecule has 0 amide bonds. The lowest BCUT2D eigenvalue weighted by Gasteiger charge is -2.02. The molecule has 0 saturated carbocycles. The third-order valence-corrected chi connectivity index (χ3v) is 2.42. The Morgan fingerprint density at radius 3 is 2.48 bits per heavy atom. The first-order chi connectivity index (χ1) is 9.93. The summed E-state index contributed by atoms with van der Waals surface area (Å²) in [5, 5.41) is 25.1. The molecule has 0 radical (unpaired) electrons. The zero-order valence-electron chi connectivity index (χ0n) is 10.5. The van der Waals surface area contributed by atoms with E-state index in [-0.39, 0.29) is 11.5 Å². The van der Waals surface area contributed by atoms with Crippen molar-refractivity contribution in [1.82, 2.24) is 14.8 Å². The third-order valence-electron chi connectivity index (χ3n) is 2.42. The molecule has 11 nitrogen and oxygen atoms in total. The van der Waals surface area contributed by atoms with Crippen molar-refractivity contribution >= 4 is 17.5 Å². The molecule has 2 aromatic rings. The van der Waals surface area contributed by atoms with Gasteiger partial charge in [0.1, 0.15) is 0 Å². The third kappa shape index (κ3) is 2.65. The summed E-state index contributed by atoms with van der Waals surface area (Å²) in [5.41, 5.74) is -0.642. The van der Waals surface area contributed by atoms with Gasteiger partial charge in [-0.3, -0.25) is 10.1 Å². The van der Waals surface area contributed by atoms with Gasteiger partial charge in [0.05, 0.1) is 29.4 Å². The molecule has 0 unspecified atom stereocenters. The van der Waals surface area contributed by atoms with Crippen molar-refractivity contribution in [1.29, 1.82) is 0 Å². The zero-order valence-corrected chi connectivity index (χ0v) is 10.5. The minimum absolute atomic E-state index is 0.184. The normalized spacial score (nSPS) is 10.1. The van der Waals surface area contributed by atoms with Crippen LogP contribution in [0.25, 0.3) is 5.82 Å². The van der Waals surface area contributed by atoms with Gasteiger partial charge in [0.25, 0.3) is 5.82 Å². The van der Waals surface area contributed by atoms with Gasteiger partial charge in [0, 0.05) is 6.07 Å². The molecule has 11 heteroatoms. The van der Waals surface area contributed by atoms with Crippen LogP contribution in [0.15, 0.2) is 24.4 Å². The zero-order chi connectivity index (χ0) is 15.6. The average molecular weight is 293 g/mol. The Morgan fingerprint density at radius 2 is 1.95 bits per heavy atom. The number of carbonyl (C=O) groups excluding carboxylic acids is 1. The molecule has 0 aliphatic rings. The predicted octanol–water partition coefficient (Wildman–Crippen LogP) is 0.870. The fourth-order valence-corrected chi connectivity index (χ4v) is 1.50. The van der Waals surface area contributed by atoms with Crippen LogP contribution in [0.1, 0.15) is 10.5 Å². The van der Waals surface area contributed by atoms with Gasteiger partial charge in [0.2, 0.25) is 0 Å². The van der Waals surface area contributed by atoms with E-state index in [0.717, 1.165) is 36.2 Å². The van der Waals surface area contributed by atoms with Gasteiger partial charge >= 0.3 is 17.5 Å². The summed E-state index contributed by atoms with van der Waals surface area (Å²) < 4.78 is 5.31. The van der Waals surface area contributed by atoms with Gasteiger partial charge < -0.3 is 14.9 Å². The highest BCUT2D eigenvalue weighted by atomic mass is 16.6. The van der Waals surface area contributed by atoms with E-state index in [1.165, 1.54) is 0 Å². The Morgan fingerprint density at radius 1 is 1.24 bits per heavy atom. The van der Waals surface area contributed by atoms with E-state index < -0.39 is 27.3 Å². The highest BCUT2D eigenvalue weighted by Crippen LogP contribution is 2.22. The van der Waals surface area contributed by atoms with Crippen LogP contribution in [0.5, 0.6) is 0 Å². The molecular weight excluding hydrogens is 286 g/mol. The van der Waals surface area contributed by atoms with E-state index in [1.807, 2.05) is 0 Å². The van der Waals surface area contributed by atoms with Crippen molar-refractivity contribution in [2.45, 2.75) is 0 Å². The molecule has 0 aromatic carbocycles. The monoisotopic (exact) mass is 293 g/mol. The minimum Gasteiger partial charge on any atom is -0.464 e. The Kier molecular flexibility index (Phi) is 3.56. The number of rotatable bonds is 4. The Bertz CT molecular complexity index is 739. The van der Waals surface area contributed by atoms with Crippen molar-refractivity contribution in [3.63, 3.8) is 0 Å². The molecule has 0 N–H and O–H groups in total. The van der Waals surface area contributed by atoms with Crippen LogP contribution in [0.4, 0.5) is 11.5 Å². The lowest BCUT2D eigenvalue weighted by atomic mass is 10.3. The van der Waals surface area contributed by atoms with Crippen molar-refractivity contribution in [3.05, 3.63) is 50.3 Å². The number of carbonyl (C=O) groups is 1. The standard InChI is InChI=1S/C10H7N5O6/c1-21-10(16)6-2-3-7(14(17)18)9(11-6)13-5-4-8(12-13)15(19)20/h2-5H,1H3. The summed E-state index contributed by atoms with van der Waals surface area (Å²) in [6, 6.07) is 3.21.